The maximum atomic E-state index is 14.8. The summed E-state index contributed by atoms with van der Waals surface area (Å²) in [6.45, 7) is 21.4. The summed E-state index contributed by atoms with van der Waals surface area (Å²) in [6, 6.07) is -15.0. The van der Waals surface area contributed by atoms with E-state index >= 15 is 0 Å². The van der Waals surface area contributed by atoms with Crippen LogP contribution in [0.5, 0.6) is 0 Å². The first kappa shape index (κ1) is 107. The molecule has 15 amide bonds. The average Bonchev–Trinajstić information content (AvgIpc) is 1.66. The molecule has 28 N–H and O–H groups in total. The van der Waals surface area contributed by atoms with Crippen molar-refractivity contribution in [3.05, 3.63) is 36.0 Å². The van der Waals surface area contributed by atoms with Crippen molar-refractivity contribution in [2.24, 2.45) is 58.3 Å². The molecule has 0 aliphatic heterocycles. The molecular formula is C81H136N20O21. The van der Waals surface area contributed by atoms with Gasteiger partial charge in [-0.05, 0) is 165 Å². The Balaban J connectivity index is 2.47. The lowest BCUT2D eigenvalue weighted by atomic mass is 9.96. The lowest BCUT2D eigenvalue weighted by Gasteiger charge is -2.29. The SMILES string of the molecule is CC[C@H](C)[C@H](N)C(=O)N[C@@H](CC(=O)O)C(=O)N[C@@H](Cc1c[nH]c2ccccc12)C(=O)N[C@@H](CCCCN)C(=O)N[C@@H](CCCCN)C(=O)N[C@@H](CC(C)C)C(=O)N[C@@H](CC(C)C)C(=O)N[C@@H](CC(=O)O)C(=O)N[C@@H](C)C(=O)N[C@@H](C)C(=O)N[C@@H](CCCCN)C(=O)N[C@@H](CCC(N)=O)C(=O)N[C@H](C(=O)N[C@@H](CC(C)C)C(=O)N[C@H](C)C(=O)O)[C@@H](C)CC. The second kappa shape index (κ2) is 55.2. The van der Waals surface area contributed by atoms with Crippen LogP contribution in [0.2, 0.25) is 0 Å². The van der Waals surface area contributed by atoms with E-state index < -0.39 is 229 Å². The third-order valence-corrected chi connectivity index (χ3v) is 20.4. The molecule has 0 unspecified atom stereocenters. The van der Waals surface area contributed by atoms with E-state index in [9.17, 15) is 102 Å². The van der Waals surface area contributed by atoms with Crippen LogP contribution in [0.1, 0.15) is 211 Å². The van der Waals surface area contributed by atoms with Crippen molar-refractivity contribution >= 4 is 117 Å². The zero-order valence-corrected chi connectivity index (χ0v) is 72.6. The van der Waals surface area contributed by atoms with E-state index in [0.29, 0.717) is 48.6 Å². The number of fused-ring (bicyclic) bond motifs is 1. The maximum Gasteiger partial charge on any atom is 0.325 e. The standard InChI is InChI=1S/C81H136N20O21/c1-14-44(9)65(86)79(119)99-61(39-64(105)106)78(118)97-59(37-49-40-87-51-25-17-16-24-50(49)51)77(117)93-53(27-19-22-32-83)70(110)92-54(28-20-23-33-84)71(111)95-57(35-42(5)6)75(115)96-58(36-43(7)8)76(116)98-60(38-63(103)104)74(114)89-46(11)67(107)88-47(12)68(108)91-52(26-18-21-31-82)69(109)94-55(29-30-62(85)102)72(112)101-66(45(10)15-2)80(120)100-56(34-41(3)4)73(113)90-48(13)81(121)122/h16-17,24-25,40-48,52-61,65-66,87H,14-15,18-23,26-39,82-84,86H2,1-13H3,(H2,85,102)(H,88,107)(H,89,114)(H,90,113)(H,91,108)(H,92,110)(H,93,117)(H,94,109)(H,95,111)(H,96,115)(H,97,118)(H,98,116)(H,99,119)(H,100,120)(H,101,112)(H,103,104)(H,105,106)(H,121,122)/t44-,45-,46-,47-,48+,52-,53-,54-,55-,56-,57-,58-,59-,60-,61-,65-,66-/m0/s1. The number of hydrogen-bond donors (Lipinski definition) is 23. The van der Waals surface area contributed by atoms with Gasteiger partial charge < -0.3 is 123 Å². The lowest BCUT2D eigenvalue weighted by Crippen LogP contribution is -2.61. The number of para-hydroxylation sites is 1. The van der Waals surface area contributed by atoms with Gasteiger partial charge >= 0.3 is 17.9 Å². The molecule has 2 aromatic rings. The summed E-state index contributed by atoms with van der Waals surface area (Å²) in [5.41, 5.74) is 30.3. The van der Waals surface area contributed by atoms with Gasteiger partial charge in [-0.3, -0.25) is 86.3 Å². The zero-order chi connectivity index (χ0) is 92.4. The Labute approximate surface area is 712 Å². The van der Waals surface area contributed by atoms with Gasteiger partial charge in [-0.2, -0.15) is 0 Å². The number of amides is 15. The van der Waals surface area contributed by atoms with Crippen molar-refractivity contribution in [1.82, 2.24) is 79.4 Å². The van der Waals surface area contributed by atoms with Crippen LogP contribution in [0.15, 0.2) is 30.5 Å². The Morgan fingerprint density at radius 1 is 0.361 bits per heavy atom. The number of primary amides is 1. The maximum absolute atomic E-state index is 14.8. The van der Waals surface area contributed by atoms with Crippen molar-refractivity contribution in [1.29, 1.82) is 0 Å². The number of carbonyl (C=O) groups excluding carboxylic acids is 15. The van der Waals surface area contributed by atoms with Gasteiger partial charge in [0.2, 0.25) is 88.6 Å². The fourth-order valence-electron chi connectivity index (χ4n) is 12.8. The second-order valence-corrected chi connectivity index (χ2v) is 32.4. The largest absolute Gasteiger partial charge is 0.481 e. The fourth-order valence-corrected chi connectivity index (χ4v) is 12.8. The minimum Gasteiger partial charge on any atom is -0.481 e. The summed E-state index contributed by atoms with van der Waals surface area (Å²) in [6.07, 6.45) is 0.868. The Hall–Kier alpha value is -10.9. The van der Waals surface area contributed by atoms with Crippen LogP contribution in [-0.2, 0) is 92.7 Å². The highest BCUT2D eigenvalue weighted by Crippen LogP contribution is 2.22. The van der Waals surface area contributed by atoms with Crippen LogP contribution in [0.4, 0.5) is 0 Å². The summed E-state index contributed by atoms with van der Waals surface area (Å²) < 4.78 is 0. The van der Waals surface area contributed by atoms with Gasteiger partial charge in [0.05, 0.1) is 18.9 Å². The summed E-state index contributed by atoms with van der Waals surface area (Å²) in [5.74, 6) is -20.4. The first-order valence-corrected chi connectivity index (χ1v) is 41.9. The Kier molecular flexibility index (Phi) is 48.4. The molecule has 41 heteroatoms. The van der Waals surface area contributed by atoms with Crippen molar-refractivity contribution in [2.45, 2.75) is 303 Å². The Morgan fingerprint density at radius 3 is 1.09 bits per heavy atom. The number of carboxylic acid groups (broad SMARTS) is 3. The number of nitrogens with two attached hydrogens (primary N) is 5. The number of rotatable bonds is 60. The van der Waals surface area contributed by atoms with Gasteiger partial charge in [-0.25, -0.2) is 0 Å². The number of aliphatic carboxylic acids is 3. The molecule has 41 nitrogen and oxygen atoms in total. The molecule has 0 aliphatic carbocycles. The Bertz CT molecular complexity index is 3840. The molecule has 1 aromatic carbocycles. The molecule has 0 fully saturated rings. The number of carboxylic acids is 3. The molecule has 0 aliphatic rings. The predicted octanol–water partition coefficient (Wildman–Crippen LogP) is -2.20. The lowest BCUT2D eigenvalue weighted by molar-refractivity contribution is -0.142. The third kappa shape index (κ3) is 38.8. The van der Waals surface area contributed by atoms with E-state index in [2.05, 4.69) is 79.4 Å². The normalized spacial score (nSPS) is 15.5. The highest BCUT2D eigenvalue weighted by atomic mass is 16.4. The van der Waals surface area contributed by atoms with Gasteiger partial charge in [-0.15, -0.1) is 0 Å². The summed E-state index contributed by atoms with van der Waals surface area (Å²) >= 11 is 0. The van der Waals surface area contributed by atoms with E-state index in [-0.39, 0.29) is 108 Å². The van der Waals surface area contributed by atoms with Gasteiger partial charge in [0, 0.05) is 29.9 Å². The molecular weight excluding hydrogens is 1590 g/mol. The molecule has 17 atom stereocenters. The van der Waals surface area contributed by atoms with E-state index in [4.69, 9.17) is 28.7 Å². The first-order valence-electron chi connectivity index (χ1n) is 41.9. The average molecular weight is 1730 g/mol. The molecule has 0 spiro atoms. The van der Waals surface area contributed by atoms with Crippen LogP contribution in [0, 0.1) is 29.6 Å². The molecule has 0 saturated carbocycles. The van der Waals surface area contributed by atoms with Gasteiger partial charge in [0.1, 0.15) is 84.6 Å². The molecule has 686 valence electrons. The van der Waals surface area contributed by atoms with Crippen molar-refractivity contribution in [3.8, 4) is 0 Å². The number of unbranched alkanes of at least 4 members (excludes halogenated alkanes) is 3. The number of nitrogens with one attached hydrogen (secondary N) is 15. The van der Waals surface area contributed by atoms with E-state index in [0.717, 1.165) is 0 Å². The van der Waals surface area contributed by atoms with Crippen LogP contribution in [0.3, 0.4) is 0 Å². The number of benzene rings is 1. The highest BCUT2D eigenvalue weighted by Gasteiger charge is 2.40. The molecule has 0 bridgehead atoms. The molecule has 122 heavy (non-hydrogen) atoms. The minimum absolute atomic E-state index is 0.0600. The topological polar surface area (TPSA) is 682 Å². The molecule has 0 saturated heterocycles. The number of hydrogen-bond acceptors (Lipinski definition) is 22. The van der Waals surface area contributed by atoms with Crippen LogP contribution < -0.4 is 103 Å². The quantitative estimate of drug-likeness (QED) is 0.0313. The summed E-state index contributed by atoms with van der Waals surface area (Å²) in [5, 5.41) is 65.5. The first-order chi connectivity index (χ1) is 57.3. The number of H-pyrrole nitrogens is 1. The minimum atomic E-state index is -1.93. The summed E-state index contributed by atoms with van der Waals surface area (Å²) in [7, 11) is 0. The number of aromatic nitrogens is 1. The van der Waals surface area contributed by atoms with E-state index in [1.54, 1.807) is 99.7 Å². The smallest absolute Gasteiger partial charge is 0.325 e. The highest BCUT2D eigenvalue weighted by molar-refractivity contribution is 6.02. The van der Waals surface area contributed by atoms with Gasteiger partial charge in [0.15, 0.2) is 0 Å². The van der Waals surface area contributed by atoms with Crippen LogP contribution in [0.25, 0.3) is 10.9 Å². The third-order valence-electron chi connectivity index (χ3n) is 20.4. The predicted molar refractivity (Wildman–Crippen MR) is 451 cm³/mol. The Morgan fingerprint density at radius 2 is 0.680 bits per heavy atom. The zero-order valence-electron chi connectivity index (χ0n) is 72.6. The van der Waals surface area contributed by atoms with Gasteiger partial charge in [-0.1, -0.05) is 100 Å². The number of aromatic amines is 1. The number of carbonyl (C=O) groups is 18. The van der Waals surface area contributed by atoms with Crippen molar-refractivity contribution < 1.29 is 102 Å². The monoisotopic (exact) mass is 1730 g/mol. The molecule has 1 heterocycles. The second-order valence-electron chi connectivity index (χ2n) is 32.4. The molecule has 2 rings (SSSR count). The van der Waals surface area contributed by atoms with Gasteiger partial charge in [0.25, 0.3) is 0 Å². The van der Waals surface area contributed by atoms with Crippen LogP contribution >= 0.6 is 0 Å². The van der Waals surface area contributed by atoms with Crippen molar-refractivity contribution in [3.63, 3.8) is 0 Å². The van der Waals surface area contributed by atoms with Crippen molar-refractivity contribution in [2.75, 3.05) is 19.6 Å². The van der Waals surface area contributed by atoms with Crippen LogP contribution in [-0.4, -0.2) is 237 Å². The summed E-state index contributed by atoms with van der Waals surface area (Å²) in [4.78, 5) is 250. The molecule has 1 aromatic heterocycles. The van der Waals surface area contributed by atoms with E-state index in [1.165, 1.54) is 20.8 Å². The fraction of sp³-hybridized carbons (Fsp3) is 0.679. The van der Waals surface area contributed by atoms with E-state index in [1.807, 2.05) is 0 Å². The molecule has 0 radical (unpaired) electrons.